The van der Waals surface area contributed by atoms with E-state index < -0.39 is 46.9 Å². The first-order valence-electron chi connectivity index (χ1n) is 11.2. The second kappa shape index (κ2) is 10.6. The lowest BCUT2D eigenvalue weighted by Crippen LogP contribution is -2.24. The Bertz CT molecular complexity index is 1290. The summed E-state index contributed by atoms with van der Waals surface area (Å²) in [6, 6.07) is 5.78. The van der Waals surface area contributed by atoms with E-state index in [2.05, 4.69) is 20.8 Å². The Hall–Kier alpha value is -3.60. The van der Waals surface area contributed by atoms with Gasteiger partial charge in [0.2, 0.25) is 0 Å². The fourth-order valence-electron chi connectivity index (χ4n) is 4.32. The van der Waals surface area contributed by atoms with Crippen LogP contribution in [0, 0.1) is 29.3 Å². The molecule has 1 aliphatic carbocycles. The van der Waals surface area contributed by atoms with Crippen LogP contribution in [-0.4, -0.2) is 27.2 Å². The third-order valence-electron chi connectivity index (χ3n) is 6.45. The molecule has 1 saturated carbocycles. The molecule has 0 aliphatic heterocycles. The number of anilines is 3. The van der Waals surface area contributed by atoms with Gasteiger partial charge in [-0.3, -0.25) is 9.59 Å². The predicted octanol–water partition coefficient (Wildman–Crippen LogP) is 6.13. The van der Waals surface area contributed by atoms with E-state index in [1.165, 1.54) is 0 Å². The standard InChI is InChI=1S/C24H22ClF3N4O4/c1-11(23(34)35)12-2-4-13(5-3-12)14-6-7-19(15(25)8-14)29-21(33)22-31-32-24(36-22)30-20-10-17(27)16(26)9-18(20)28/h6-13H,2-5H2,1H3,(H,29,33)(H,30,32)(H,34,35)/t11-,12?,13?/m1/s1. The fraction of sp³-hybridized carbons (Fsp3) is 0.333. The molecule has 1 fully saturated rings. The van der Waals surface area contributed by atoms with Crippen LogP contribution in [0.15, 0.2) is 34.7 Å². The van der Waals surface area contributed by atoms with Crippen molar-refractivity contribution >= 4 is 40.9 Å². The predicted molar refractivity (Wildman–Crippen MR) is 125 cm³/mol. The van der Waals surface area contributed by atoms with E-state index >= 15 is 0 Å². The number of carboxylic acid groups (broad SMARTS) is 1. The van der Waals surface area contributed by atoms with E-state index in [-0.39, 0.29) is 17.8 Å². The van der Waals surface area contributed by atoms with Gasteiger partial charge in [-0.05, 0) is 55.2 Å². The van der Waals surface area contributed by atoms with Gasteiger partial charge in [0.05, 0.1) is 22.3 Å². The number of aromatic nitrogens is 2. The summed E-state index contributed by atoms with van der Waals surface area (Å²) in [5, 5.41) is 21.5. The monoisotopic (exact) mass is 522 g/mol. The number of nitrogens with zero attached hydrogens (tertiary/aromatic N) is 2. The van der Waals surface area contributed by atoms with Crippen molar-refractivity contribution in [1.82, 2.24) is 10.2 Å². The molecule has 36 heavy (non-hydrogen) atoms. The van der Waals surface area contributed by atoms with Crippen molar-refractivity contribution in [3.05, 3.63) is 64.3 Å². The molecule has 1 aliphatic rings. The summed E-state index contributed by atoms with van der Waals surface area (Å²) in [6.07, 6.45) is 3.33. The molecule has 0 bridgehead atoms. The van der Waals surface area contributed by atoms with Crippen molar-refractivity contribution in [2.75, 3.05) is 10.6 Å². The summed E-state index contributed by atoms with van der Waals surface area (Å²) in [4.78, 5) is 23.7. The van der Waals surface area contributed by atoms with Crippen molar-refractivity contribution in [3.63, 3.8) is 0 Å². The van der Waals surface area contributed by atoms with Crippen LogP contribution in [0.25, 0.3) is 0 Å². The highest BCUT2D eigenvalue weighted by molar-refractivity contribution is 6.34. The lowest BCUT2D eigenvalue weighted by molar-refractivity contribution is -0.143. The molecule has 1 amide bonds. The number of halogens is 4. The normalized spacial score (nSPS) is 18.5. The van der Waals surface area contributed by atoms with E-state index in [1.54, 1.807) is 19.1 Å². The molecule has 3 N–H and O–H groups in total. The second-order valence-electron chi connectivity index (χ2n) is 8.72. The van der Waals surface area contributed by atoms with Gasteiger partial charge >= 0.3 is 23.8 Å². The average molecular weight is 523 g/mol. The summed E-state index contributed by atoms with van der Waals surface area (Å²) in [5.41, 5.74) is 0.852. The molecule has 1 atom stereocenters. The zero-order valence-electron chi connectivity index (χ0n) is 19.0. The zero-order valence-corrected chi connectivity index (χ0v) is 19.8. The van der Waals surface area contributed by atoms with Crippen LogP contribution < -0.4 is 10.6 Å². The van der Waals surface area contributed by atoms with Crippen molar-refractivity contribution < 1.29 is 32.3 Å². The van der Waals surface area contributed by atoms with Crippen molar-refractivity contribution in [2.45, 2.75) is 38.5 Å². The molecule has 3 aromatic rings. The molecule has 190 valence electrons. The van der Waals surface area contributed by atoms with Gasteiger partial charge in [0.25, 0.3) is 0 Å². The summed E-state index contributed by atoms with van der Waals surface area (Å²) >= 11 is 6.38. The number of carboxylic acids is 1. The first-order valence-corrected chi connectivity index (χ1v) is 11.6. The summed E-state index contributed by atoms with van der Waals surface area (Å²) in [7, 11) is 0. The maximum absolute atomic E-state index is 13.8. The molecule has 1 aromatic heterocycles. The quantitative estimate of drug-likeness (QED) is 0.319. The van der Waals surface area contributed by atoms with Crippen LogP contribution in [0.4, 0.5) is 30.6 Å². The van der Waals surface area contributed by atoms with Gasteiger partial charge < -0.3 is 20.2 Å². The largest absolute Gasteiger partial charge is 0.481 e. The number of benzene rings is 2. The van der Waals surface area contributed by atoms with Crippen LogP contribution >= 0.6 is 11.6 Å². The number of rotatable bonds is 7. The Morgan fingerprint density at radius 3 is 2.39 bits per heavy atom. The first-order chi connectivity index (χ1) is 17.1. The van der Waals surface area contributed by atoms with Gasteiger partial charge in [-0.1, -0.05) is 29.7 Å². The van der Waals surface area contributed by atoms with E-state index in [0.29, 0.717) is 22.8 Å². The van der Waals surface area contributed by atoms with Crippen molar-refractivity contribution in [2.24, 2.45) is 11.8 Å². The van der Waals surface area contributed by atoms with Gasteiger partial charge in [-0.2, -0.15) is 0 Å². The maximum atomic E-state index is 13.8. The molecular weight excluding hydrogens is 501 g/mol. The number of nitrogens with one attached hydrogen (secondary N) is 2. The molecule has 12 heteroatoms. The molecule has 1 heterocycles. The van der Waals surface area contributed by atoms with Crippen molar-refractivity contribution in [1.29, 1.82) is 0 Å². The molecular formula is C24H22ClF3N4O4. The number of aliphatic carboxylic acids is 1. The van der Waals surface area contributed by atoms with Gasteiger partial charge in [-0.25, -0.2) is 13.2 Å². The first kappa shape index (κ1) is 25.5. The van der Waals surface area contributed by atoms with E-state index in [4.69, 9.17) is 16.0 Å². The van der Waals surface area contributed by atoms with E-state index in [9.17, 15) is 27.9 Å². The minimum absolute atomic E-state index is 0.153. The minimum atomic E-state index is -1.35. The van der Waals surface area contributed by atoms with Crippen molar-refractivity contribution in [3.8, 4) is 0 Å². The lowest BCUT2D eigenvalue weighted by atomic mass is 9.74. The van der Waals surface area contributed by atoms with Gasteiger partial charge in [0.15, 0.2) is 11.6 Å². The highest BCUT2D eigenvalue weighted by Crippen LogP contribution is 2.40. The van der Waals surface area contributed by atoms with E-state index in [0.717, 1.165) is 31.2 Å². The highest BCUT2D eigenvalue weighted by Gasteiger charge is 2.29. The maximum Gasteiger partial charge on any atom is 0.320 e. The molecule has 2 aromatic carbocycles. The molecule has 8 nitrogen and oxygen atoms in total. The Balaban J connectivity index is 1.38. The number of carbonyl (C=O) groups is 2. The molecule has 0 unspecified atom stereocenters. The molecule has 0 spiro atoms. The van der Waals surface area contributed by atoms with Gasteiger partial charge in [0.1, 0.15) is 5.82 Å². The lowest BCUT2D eigenvalue weighted by Gasteiger charge is -2.31. The Morgan fingerprint density at radius 2 is 1.72 bits per heavy atom. The Morgan fingerprint density at radius 1 is 1.03 bits per heavy atom. The van der Waals surface area contributed by atoms with Crippen LogP contribution in [-0.2, 0) is 4.79 Å². The SMILES string of the molecule is C[C@@H](C(=O)O)C1CCC(c2ccc(NC(=O)c3nnc(Nc4cc(F)c(F)cc4F)o3)c(Cl)c2)CC1. The van der Waals surface area contributed by atoms with Gasteiger partial charge in [0, 0.05) is 12.1 Å². The molecule has 0 radical (unpaired) electrons. The average Bonchev–Trinajstić information content (AvgIpc) is 3.32. The zero-order chi connectivity index (χ0) is 26.0. The summed E-state index contributed by atoms with van der Waals surface area (Å²) in [6.45, 7) is 1.74. The summed E-state index contributed by atoms with van der Waals surface area (Å²) in [5.74, 6) is -5.72. The number of carbonyl (C=O) groups excluding carboxylic acids is 1. The number of hydrogen-bond donors (Lipinski definition) is 3. The summed E-state index contributed by atoms with van der Waals surface area (Å²) < 4.78 is 45.4. The van der Waals surface area contributed by atoms with Gasteiger partial charge in [-0.15, -0.1) is 5.10 Å². The van der Waals surface area contributed by atoms with Crippen LogP contribution in [0.3, 0.4) is 0 Å². The molecule has 4 rings (SSSR count). The van der Waals surface area contributed by atoms with Crippen LogP contribution in [0.5, 0.6) is 0 Å². The second-order valence-corrected chi connectivity index (χ2v) is 9.12. The molecule has 0 saturated heterocycles. The van der Waals surface area contributed by atoms with Crippen LogP contribution in [0.2, 0.25) is 5.02 Å². The number of hydrogen-bond acceptors (Lipinski definition) is 6. The van der Waals surface area contributed by atoms with E-state index in [1.807, 2.05) is 6.07 Å². The minimum Gasteiger partial charge on any atom is -0.481 e. The highest BCUT2D eigenvalue weighted by atomic mass is 35.5. The fourth-order valence-corrected chi connectivity index (χ4v) is 4.55. The number of amides is 1. The topological polar surface area (TPSA) is 117 Å². The smallest absolute Gasteiger partial charge is 0.320 e. The third kappa shape index (κ3) is 5.62. The Labute approximate surface area is 208 Å². The third-order valence-corrected chi connectivity index (χ3v) is 6.76. The Kier molecular flexibility index (Phi) is 7.48. The van der Waals surface area contributed by atoms with Crippen LogP contribution in [0.1, 0.15) is 54.8 Å².